The fourth-order valence-electron chi connectivity index (χ4n) is 2.04. The molecule has 0 N–H and O–H groups in total. The molecule has 2 heterocycles. The average Bonchev–Trinajstić information content (AvgIpc) is 2.88. The highest BCUT2D eigenvalue weighted by atomic mass is 79.9. The van der Waals surface area contributed by atoms with Crippen molar-refractivity contribution in [1.29, 1.82) is 0 Å². The van der Waals surface area contributed by atoms with Crippen molar-refractivity contribution in [3.8, 4) is 0 Å². The van der Waals surface area contributed by atoms with Gasteiger partial charge in [0.15, 0.2) is 0 Å². The second kappa shape index (κ2) is 4.48. The number of aryl methyl sites for hydroxylation is 1. The average molecular weight is 340 g/mol. The lowest BCUT2D eigenvalue weighted by Crippen LogP contribution is -2.29. The van der Waals surface area contributed by atoms with Crippen molar-refractivity contribution in [3.63, 3.8) is 0 Å². The molecule has 20 heavy (non-hydrogen) atoms. The SMILES string of the molecule is Cc1nnc(CN2C(=O)C(=O)c3cc(F)cc(Br)c32)o1. The number of carbonyl (C=O) groups excluding carboxylic acids is 2. The summed E-state index contributed by atoms with van der Waals surface area (Å²) in [5.74, 6) is -1.53. The van der Waals surface area contributed by atoms with Gasteiger partial charge >= 0.3 is 0 Å². The van der Waals surface area contributed by atoms with Gasteiger partial charge < -0.3 is 4.42 Å². The second-order valence-electron chi connectivity index (χ2n) is 4.22. The van der Waals surface area contributed by atoms with E-state index in [-0.39, 0.29) is 18.0 Å². The number of hydrogen-bond acceptors (Lipinski definition) is 5. The monoisotopic (exact) mass is 339 g/mol. The number of nitrogens with zero attached hydrogens (tertiary/aromatic N) is 3. The number of amides is 1. The van der Waals surface area contributed by atoms with E-state index < -0.39 is 17.5 Å². The van der Waals surface area contributed by atoms with Gasteiger partial charge in [0.05, 0.1) is 11.3 Å². The molecule has 102 valence electrons. The van der Waals surface area contributed by atoms with E-state index >= 15 is 0 Å². The molecule has 1 amide bonds. The second-order valence-corrected chi connectivity index (χ2v) is 5.07. The van der Waals surface area contributed by atoms with Crippen LogP contribution in [0.5, 0.6) is 0 Å². The number of benzene rings is 1. The van der Waals surface area contributed by atoms with Crippen molar-refractivity contribution in [1.82, 2.24) is 10.2 Å². The van der Waals surface area contributed by atoms with E-state index in [0.29, 0.717) is 16.1 Å². The smallest absolute Gasteiger partial charge is 0.299 e. The van der Waals surface area contributed by atoms with E-state index in [0.717, 1.165) is 6.07 Å². The number of aromatic nitrogens is 2. The Morgan fingerprint density at radius 3 is 2.75 bits per heavy atom. The third-order valence-corrected chi connectivity index (χ3v) is 3.45. The molecule has 0 fully saturated rings. The molecule has 8 heteroatoms. The van der Waals surface area contributed by atoms with Gasteiger partial charge in [-0.15, -0.1) is 10.2 Å². The van der Waals surface area contributed by atoms with Gasteiger partial charge in [-0.2, -0.15) is 0 Å². The fraction of sp³-hybridized carbons (Fsp3) is 0.167. The predicted octanol–water partition coefficient (Wildman–Crippen LogP) is 2.01. The van der Waals surface area contributed by atoms with E-state index in [2.05, 4.69) is 26.1 Å². The number of Topliss-reactive ketones (excluding diaryl/α,β-unsaturated/α-hetero) is 1. The number of ketones is 1. The van der Waals surface area contributed by atoms with Gasteiger partial charge in [0.1, 0.15) is 12.4 Å². The summed E-state index contributed by atoms with van der Waals surface area (Å²) < 4.78 is 18.8. The lowest BCUT2D eigenvalue weighted by molar-refractivity contribution is -0.114. The molecule has 0 bridgehead atoms. The number of halogens is 2. The summed E-state index contributed by atoms with van der Waals surface area (Å²) in [4.78, 5) is 25.0. The summed E-state index contributed by atoms with van der Waals surface area (Å²) in [6.45, 7) is 1.58. The van der Waals surface area contributed by atoms with Gasteiger partial charge in [0.2, 0.25) is 11.8 Å². The molecule has 6 nitrogen and oxygen atoms in total. The highest BCUT2D eigenvalue weighted by Crippen LogP contribution is 2.37. The third kappa shape index (κ3) is 1.92. The molecule has 0 spiro atoms. The summed E-state index contributed by atoms with van der Waals surface area (Å²) >= 11 is 3.16. The van der Waals surface area contributed by atoms with Crippen molar-refractivity contribution < 1.29 is 18.4 Å². The molecule has 0 atom stereocenters. The maximum Gasteiger partial charge on any atom is 0.299 e. The fourth-order valence-corrected chi connectivity index (χ4v) is 2.69. The quantitative estimate of drug-likeness (QED) is 0.782. The molecule has 0 aliphatic carbocycles. The normalized spacial score (nSPS) is 14.1. The van der Waals surface area contributed by atoms with Crippen LogP contribution >= 0.6 is 15.9 Å². The summed E-state index contributed by atoms with van der Waals surface area (Å²) in [6, 6.07) is 2.23. The summed E-state index contributed by atoms with van der Waals surface area (Å²) in [7, 11) is 0. The highest BCUT2D eigenvalue weighted by Gasteiger charge is 2.38. The summed E-state index contributed by atoms with van der Waals surface area (Å²) in [5, 5.41) is 7.43. The molecular formula is C12H7BrFN3O3. The Balaban J connectivity index is 2.06. The molecule has 2 aromatic rings. The molecule has 1 aliphatic heterocycles. The van der Waals surface area contributed by atoms with E-state index in [1.54, 1.807) is 6.92 Å². The lowest BCUT2D eigenvalue weighted by atomic mass is 10.1. The van der Waals surface area contributed by atoms with Crippen LogP contribution in [0.3, 0.4) is 0 Å². The third-order valence-electron chi connectivity index (χ3n) is 2.84. The number of rotatable bonds is 2. The van der Waals surface area contributed by atoms with Crippen LogP contribution in [-0.4, -0.2) is 21.9 Å². The number of hydrogen-bond donors (Lipinski definition) is 0. The van der Waals surface area contributed by atoms with Gasteiger partial charge in [-0.3, -0.25) is 14.5 Å². The molecule has 1 aromatic heterocycles. The molecular weight excluding hydrogens is 333 g/mol. The van der Waals surface area contributed by atoms with Crippen molar-refractivity contribution in [2.24, 2.45) is 0 Å². The Hall–Kier alpha value is -2.09. The van der Waals surface area contributed by atoms with Crippen LogP contribution in [0.4, 0.5) is 10.1 Å². The first-order chi connectivity index (χ1) is 9.47. The van der Waals surface area contributed by atoms with E-state index in [1.165, 1.54) is 11.0 Å². The van der Waals surface area contributed by atoms with Crippen LogP contribution in [0.1, 0.15) is 22.1 Å². The molecule has 0 radical (unpaired) electrons. The largest absolute Gasteiger partial charge is 0.424 e. The van der Waals surface area contributed by atoms with Crippen molar-refractivity contribution in [2.45, 2.75) is 13.5 Å². The zero-order valence-electron chi connectivity index (χ0n) is 10.2. The number of fused-ring (bicyclic) bond motifs is 1. The zero-order chi connectivity index (χ0) is 14.4. The van der Waals surface area contributed by atoms with E-state index in [1.807, 2.05) is 0 Å². The first-order valence-electron chi connectivity index (χ1n) is 5.61. The first kappa shape index (κ1) is 12.9. The molecule has 1 aromatic carbocycles. The topological polar surface area (TPSA) is 76.3 Å². The van der Waals surface area contributed by atoms with Crippen LogP contribution in [0.2, 0.25) is 0 Å². The van der Waals surface area contributed by atoms with E-state index in [9.17, 15) is 14.0 Å². The number of carbonyl (C=O) groups is 2. The van der Waals surface area contributed by atoms with Gasteiger partial charge in [-0.1, -0.05) is 0 Å². The Morgan fingerprint density at radius 1 is 1.35 bits per heavy atom. The van der Waals surface area contributed by atoms with Gasteiger partial charge in [0.25, 0.3) is 11.7 Å². The van der Waals surface area contributed by atoms with Crippen molar-refractivity contribution in [3.05, 3.63) is 39.8 Å². The minimum atomic E-state index is -0.753. The van der Waals surface area contributed by atoms with E-state index in [4.69, 9.17) is 4.42 Å². The van der Waals surface area contributed by atoms with Gasteiger partial charge in [0, 0.05) is 11.4 Å². The van der Waals surface area contributed by atoms with Crippen molar-refractivity contribution >= 4 is 33.3 Å². The summed E-state index contributed by atoms with van der Waals surface area (Å²) in [6.07, 6.45) is 0. The Morgan fingerprint density at radius 2 is 2.10 bits per heavy atom. The van der Waals surface area contributed by atoms with Crippen LogP contribution in [0.15, 0.2) is 21.0 Å². The van der Waals surface area contributed by atoms with Crippen molar-refractivity contribution in [2.75, 3.05) is 4.90 Å². The molecule has 3 rings (SSSR count). The standard InChI is InChI=1S/C12H7BrFN3O3/c1-5-15-16-9(20-5)4-17-10-7(11(18)12(17)19)2-6(14)3-8(10)13/h2-3H,4H2,1H3. The zero-order valence-corrected chi connectivity index (χ0v) is 11.8. The molecule has 1 aliphatic rings. The Labute approximate surface area is 120 Å². The molecule has 0 unspecified atom stereocenters. The summed E-state index contributed by atoms with van der Waals surface area (Å²) in [5.41, 5.74) is 0.343. The molecule has 0 saturated carbocycles. The maximum absolute atomic E-state index is 13.3. The molecule has 0 saturated heterocycles. The Bertz CT molecular complexity index is 744. The maximum atomic E-state index is 13.3. The van der Waals surface area contributed by atoms with Crippen LogP contribution in [0.25, 0.3) is 0 Å². The Kier molecular flexibility index (Phi) is 2.89. The highest BCUT2D eigenvalue weighted by molar-refractivity contribution is 9.10. The van der Waals surface area contributed by atoms with Crippen LogP contribution in [0, 0.1) is 12.7 Å². The van der Waals surface area contributed by atoms with Crippen LogP contribution in [-0.2, 0) is 11.3 Å². The van der Waals surface area contributed by atoms with Gasteiger partial charge in [-0.25, -0.2) is 4.39 Å². The van der Waals surface area contributed by atoms with Crippen LogP contribution < -0.4 is 4.90 Å². The number of anilines is 1. The predicted molar refractivity (Wildman–Crippen MR) is 68.7 cm³/mol. The first-order valence-corrected chi connectivity index (χ1v) is 6.41. The van der Waals surface area contributed by atoms with Gasteiger partial charge in [-0.05, 0) is 28.1 Å². The minimum absolute atomic E-state index is 0.0260. The lowest BCUT2D eigenvalue weighted by Gasteiger charge is -2.15. The minimum Gasteiger partial charge on any atom is -0.424 e.